The van der Waals surface area contributed by atoms with Crippen molar-refractivity contribution in [1.29, 1.82) is 0 Å². The smallest absolute Gasteiger partial charge is 0.259 e. The number of hydrogen-bond acceptors (Lipinski definition) is 2. The quantitative estimate of drug-likeness (QED) is 0.874. The minimum absolute atomic E-state index is 0.302. The Hall–Kier alpha value is -1.71. The highest BCUT2D eigenvalue weighted by atomic mass is 35.5. The lowest BCUT2D eigenvalue weighted by atomic mass is 10.1. The average Bonchev–Trinajstić information content (AvgIpc) is 2.42. The maximum atomic E-state index is 12.5. The van der Waals surface area contributed by atoms with Crippen LogP contribution in [0.1, 0.15) is 21.5 Å². The molecule has 21 heavy (non-hydrogen) atoms. The number of nitrogens with one attached hydrogen (secondary N) is 1. The van der Waals surface area contributed by atoms with Crippen LogP contribution >= 0.6 is 23.2 Å². The number of anilines is 1. The van der Waals surface area contributed by atoms with Gasteiger partial charge in [0, 0.05) is 10.7 Å². The van der Waals surface area contributed by atoms with E-state index >= 15 is 0 Å². The van der Waals surface area contributed by atoms with Crippen molar-refractivity contribution in [3.8, 4) is 5.75 Å². The Morgan fingerprint density at radius 2 is 1.86 bits per heavy atom. The SMILES string of the molecule is COc1c(Cl)cc(Cl)cc1C(=O)Nc1cc(C)ccc1C. The first-order valence-corrected chi connectivity index (χ1v) is 7.09. The van der Waals surface area contributed by atoms with E-state index in [1.54, 1.807) is 0 Å². The van der Waals surface area contributed by atoms with E-state index in [1.165, 1.54) is 19.2 Å². The molecule has 3 nitrogen and oxygen atoms in total. The molecular weight excluding hydrogens is 309 g/mol. The molecule has 0 aliphatic heterocycles. The van der Waals surface area contributed by atoms with E-state index < -0.39 is 0 Å². The highest BCUT2D eigenvalue weighted by Gasteiger charge is 2.17. The molecule has 0 saturated heterocycles. The van der Waals surface area contributed by atoms with Gasteiger partial charge in [-0.1, -0.05) is 35.3 Å². The maximum Gasteiger partial charge on any atom is 0.259 e. The van der Waals surface area contributed by atoms with Crippen molar-refractivity contribution in [2.24, 2.45) is 0 Å². The summed E-state index contributed by atoms with van der Waals surface area (Å²) in [5, 5.41) is 3.54. The molecule has 1 N–H and O–H groups in total. The molecule has 5 heteroatoms. The van der Waals surface area contributed by atoms with Gasteiger partial charge in [0.05, 0.1) is 17.7 Å². The van der Waals surface area contributed by atoms with E-state index in [1.807, 2.05) is 32.0 Å². The minimum atomic E-state index is -0.315. The highest BCUT2D eigenvalue weighted by Crippen LogP contribution is 2.32. The van der Waals surface area contributed by atoms with E-state index in [9.17, 15) is 4.79 Å². The molecule has 2 aromatic rings. The van der Waals surface area contributed by atoms with Gasteiger partial charge in [-0.05, 0) is 43.2 Å². The van der Waals surface area contributed by atoms with Gasteiger partial charge in [0.1, 0.15) is 5.75 Å². The fourth-order valence-corrected chi connectivity index (χ4v) is 2.57. The standard InChI is InChI=1S/C16H15Cl2NO2/c1-9-4-5-10(2)14(6-9)19-16(20)12-7-11(17)8-13(18)15(12)21-3/h4-8H,1-3H3,(H,19,20). The Balaban J connectivity index is 2.39. The van der Waals surface area contributed by atoms with Gasteiger partial charge in [-0.25, -0.2) is 0 Å². The first-order chi connectivity index (χ1) is 9.92. The summed E-state index contributed by atoms with van der Waals surface area (Å²) in [5.41, 5.74) is 3.09. The van der Waals surface area contributed by atoms with Gasteiger partial charge in [0.25, 0.3) is 5.91 Å². The number of amides is 1. The molecule has 2 aromatic carbocycles. The molecule has 0 atom stereocenters. The number of ether oxygens (including phenoxy) is 1. The summed E-state index contributed by atoms with van der Waals surface area (Å²) in [6.07, 6.45) is 0. The number of aryl methyl sites for hydroxylation is 2. The molecule has 2 rings (SSSR count). The van der Waals surface area contributed by atoms with Crippen LogP contribution in [0.15, 0.2) is 30.3 Å². The van der Waals surface area contributed by atoms with Crippen molar-refractivity contribution >= 4 is 34.8 Å². The Morgan fingerprint density at radius 1 is 1.14 bits per heavy atom. The lowest BCUT2D eigenvalue weighted by Gasteiger charge is -2.13. The van der Waals surface area contributed by atoms with Crippen LogP contribution in [0.25, 0.3) is 0 Å². The van der Waals surface area contributed by atoms with E-state index in [-0.39, 0.29) is 5.91 Å². The monoisotopic (exact) mass is 323 g/mol. The third-order valence-electron chi connectivity index (χ3n) is 3.10. The molecule has 0 saturated carbocycles. The van der Waals surface area contributed by atoms with Crippen LogP contribution in [-0.4, -0.2) is 13.0 Å². The van der Waals surface area contributed by atoms with Crippen molar-refractivity contribution in [3.05, 3.63) is 57.1 Å². The number of benzene rings is 2. The molecule has 0 fully saturated rings. The number of hydrogen-bond donors (Lipinski definition) is 1. The predicted octanol–water partition coefficient (Wildman–Crippen LogP) is 4.87. The predicted molar refractivity (Wildman–Crippen MR) is 86.9 cm³/mol. The number of carbonyl (C=O) groups is 1. The van der Waals surface area contributed by atoms with E-state index in [4.69, 9.17) is 27.9 Å². The van der Waals surface area contributed by atoms with Crippen LogP contribution in [0.2, 0.25) is 10.0 Å². The van der Waals surface area contributed by atoms with Gasteiger partial charge in [0.2, 0.25) is 0 Å². The van der Waals surface area contributed by atoms with E-state index in [0.29, 0.717) is 21.4 Å². The van der Waals surface area contributed by atoms with Crippen LogP contribution in [0.4, 0.5) is 5.69 Å². The van der Waals surface area contributed by atoms with Gasteiger partial charge in [-0.15, -0.1) is 0 Å². The molecule has 0 unspecified atom stereocenters. The summed E-state index contributed by atoms with van der Waals surface area (Å²) in [4.78, 5) is 12.5. The normalized spacial score (nSPS) is 10.3. The van der Waals surface area contributed by atoms with Gasteiger partial charge in [-0.2, -0.15) is 0 Å². The number of rotatable bonds is 3. The van der Waals surface area contributed by atoms with Gasteiger partial charge in [0.15, 0.2) is 0 Å². The fourth-order valence-electron chi connectivity index (χ4n) is 2.00. The summed E-state index contributed by atoms with van der Waals surface area (Å²) in [6.45, 7) is 3.89. The maximum absolute atomic E-state index is 12.5. The van der Waals surface area contributed by atoms with Crippen molar-refractivity contribution in [2.45, 2.75) is 13.8 Å². The van der Waals surface area contributed by atoms with Crippen LogP contribution in [-0.2, 0) is 0 Å². The molecule has 0 bridgehead atoms. The zero-order valence-electron chi connectivity index (χ0n) is 12.0. The largest absolute Gasteiger partial charge is 0.494 e. The molecule has 0 aromatic heterocycles. The second-order valence-electron chi connectivity index (χ2n) is 4.74. The molecule has 1 amide bonds. The molecule has 0 spiro atoms. The Bertz CT molecular complexity index is 699. The molecule has 110 valence electrons. The molecule has 0 heterocycles. The second-order valence-corrected chi connectivity index (χ2v) is 5.58. The number of halogens is 2. The van der Waals surface area contributed by atoms with Crippen molar-refractivity contribution in [3.63, 3.8) is 0 Å². The van der Waals surface area contributed by atoms with Crippen molar-refractivity contribution in [2.75, 3.05) is 12.4 Å². The summed E-state index contributed by atoms with van der Waals surface area (Å²) in [6, 6.07) is 8.92. The van der Waals surface area contributed by atoms with Crippen molar-refractivity contribution < 1.29 is 9.53 Å². The van der Waals surface area contributed by atoms with Gasteiger partial charge in [-0.3, -0.25) is 4.79 Å². The number of carbonyl (C=O) groups excluding carboxylic acids is 1. The second kappa shape index (κ2) is 6.37. The molecule has 0 radical (unpaired) electrons. The topological polar surface area (TPSA) is 38.3 Å². The molecule has 0 aliphatic carbocycles. The average molecular weight is 324 g/mol. The summed E-state index contributed by atoms with van der Waals surface area (Å²) < 4.78 is 5.19. The van der Waals surface area contributed by atoms with Crippen molar-refractivity contribution in [1.82, 2.24) is 0 Å². The van der Waals surface area contributed by atoms with Gasteiger partial charge < -0.3 is 10.1 Å². The summed E-state index contributed by atoms with van der Waals surface area (Å²) in [7, 11) is 1.46. The van der Waals surface area contributed by atoms with Crippen LogP contribution in [0, 0.1) is 13.8 Å². The molecule has 0 aliphatic rings. The highest BCUT2D eigenvalue weighted by molar-refractivity contribution is 6.36. The summed E-state index contributed by atoms with van der Waals surface area (Å²) >= 11 is 12.0. The number of methoxy groups -OCH3 is 1. The first kappa shape index (κ1) is 15.7. The third-order valence-corrected chi connectivity index (χ3v) is 3.60. The lowest BCUT2D eigenvalue weighted by Crippen LogP contribution is -2.14. The van der Waals surface area contributed by atoms with E-state index in [2.05, 4.69) is 5.32 Å². The van der Waals surface area contributed by atoms with E-state index in [0.717, 1.165) is 16.8 Å². The summed E-state index contributed by atoms with van der Waals surface area (Å²) in [5.74, 6) is -0.00572. The zero-order chi connectivity index (χ0) is 15.6. The van der Waals surface area contributed by atoms with Crippen LogP contribution in [0.5, 0.6) is 5.75 Å². The zero-order valence-corrected chi connectivity index (χ0v) is 13.5. The molecular formula is C16H15Cl2NO2. The third kappa shape index (κ3) is 3.49. The van der Waals surface area contributed by atoms with Gasteiger partial charge >= 0.3 is 0 Å². The first-order valence-electron chi connectivity index (χ1n) is 6.34. The Kier molecular flexibility index (Phi) is 4.76. The lowest BCUT2D eigenvalue weighted by molar-refractivity contribution is 0.102. The van der Waals surface area contributed by atoms with Crippen LogP contribution < -0.4 is 10.1 Å². The Morgan fingerprint density at radius 3 is 2.52 bits per heavy atom. The van der Waals surface area contributed by atoms with Crippen LogP contribution in [0.3, 0.4) is 0 Å². The Labute approximate surface area is 133 Å². The minimum Gasteiger partial charge on any atom is -0.494 e. The fraction of sp³-hybridized carbons (Fsp3) is 0.188.